The van der Waals surface area contributed by atoms with Gasteiger partial charge in [-0.3, -0.25) is 9.59 Å². The van der Waals surface area contributed by atoms with Gasteiger partial charge in [-0.25, -0.2) is 4.98 Å². The molecule has 6 heteroatoms. The Bertz CT molecular complexity index is 775. The fourth-order valence-electron chi connectivity index (χ4n) is 3.32. The lowest BCUT2D eigenvalue weighted by Crippen LogP contribution is -2.41. The first-order chi connectivity index (χ1) is 11.8. The Labute approximate surface area is 148 Å². The molecule has 1 aliphatic rings. The monoisotopic (exact) mass is 342 g/mol. The van der Waals surface area contributed by atoms with Crippen molar-refractivity contribution in [2.75, 3.05) is 13.1 Å². The number of benzene rings is 1. The highest BCUT2D eigenvalue weighted by atomic mass is 16.2. The number of imidazole rings is 1. The smallest absolute Gasteiger partial charge is 0.223 e. The van der Waals surface area contributed by atoms with Gasteiger partial charge in [0, 0.05) is 31.5 Å². The molecular formula is C19H26N4O2. The molecule has 1 aromatic carbocycles. The number of aromatic nitrogens is 2. The van der Waals surface area contributed by atoms with Crippen LogP contribution in [0.2, 0.25) is 0 Å². The van der Waals surface area contributed by atoms with Crippen LogP contribution in [0.15, 0.2) is 30.6 Å². The van der Waals surface area contributed by atoms with E-state index in [1.807, 2.05) is 50.2 Å². The summed E-state index contributed by atoms with van der Waals surface area (Å²) in [5.74, 6) is -0.0202. The Morgan fingerprint density at radius 3 is 2.76 bits per heavy atom. The van der Waals surface area contributed by atoms with E-state index >= 15 is 0 Å². The first kappa shape index (κ1) is 17.5. The highest BCUT2D eigenvalue weighted by Gasteiger charge is 2.28. The van der Waals surface area contributed by atoms with E-state index in [0.717, 1.165) is 24.0 Å². The van der Waals surface area contributed by atoms with Gasteiger partial charge in [0.05, 0.1) is 23.4 Å². The maximum Gasteiger partial charge on any atom is 0.223 e. The molecule has 2 amide bonds. The Morgan fingerprint density at radius 1 is 1.24 bits per heavy atom. The molecule has 1 aromatic heterocycles. The Kier molecular flexibility index (Phi) is 4.79. The normalized spacial score (nSPS) is 17.9. The molecule has 1 saturated heterocycles. The summed E-state index contributed by atoms with van der Waals surface area (Å²) in [5.41, 5.74) is 1.82. The van der Waals surface area contributed by atoms with E-state index in [1.54, 1.807) is 0 Å². The number of nitrogens with one attached hydrogen (secondary N) is 1. The van der Waals surface area contributed by atoms with Gasteiger partial charge in [-0.05, 0) is 39.3 Å². The largest absolute Gasteiger partial charge is 0.351 e. The summed E-state index contributed by atoms with van der Waals surface area (Å²) in [5, 5.41) is 2.89. The van der Waals surface area contributed by atoms with E-state index in [9.17, 15) is 9.59 Å². The van der Waals surface area contributed by atoms with Crippen molar-refractivity contribution in [3.63, 3.8) is 0 Å². The zero-order valence-corrected chi connectivity index (χ0v) is 15.2. The van der Waals surface area contributed by atoms with Gasteiger partial charge in [-0.15, -0.1) is 0 Å². The van der Waals surface area contributed by atoms with Gasteiger partial charge in [0.1, 0.15) is 0 Å². The molecule has 134 valence electrons. The molecule has 25 heavy (non-hydrogen) atoms. The van der Waals surface area contributed by atoms with Crippen LogP contribution in [0.5, 0.6) is 0 Å². The molecule has 0 radical (unpaired) electrons. The third-order valence-corrected chi connectivity index (χ3v) is 4.47. The minimum Gasteiger partial charge on any atom is -0.351 e. The first-order valence-corrected chi connectivity index (χ1v) is 8.84. The van der Waals surface area contributed by atoms with E-state index in [2.05, 4.69) is 20.9 Å². The topological polar surface area (TPSA) is 67.2 Å². The van der Waals surface area contributed by atoms with Gasteiger partial charge >= 0.3 is 0 Å². The van der Waals surface area contributed by atoms with Crippen molar-refractivity contribution in [1.29, 1.82) is 0 Å². The van der Waals surface area contributed by atoms with Gasteiger partial charge in [0.15, 0.2) is 0 Å². The molecule has 1 fully saturated rings. The second-order valence-corrected chi connectivity index (χ2v) is 7.72. The average Bonchev–Trinajstić information content (AvgIpc) is 3.17. The van der Waals surface area contributed by atoms with Crippen LogP contribution in [0, 0.1) is 0 Å². The number of para-hydroxylation sites is 2. The number of hydrogen-bond donors (Lipinski definition) is 1. The summed E-state index contributed by atoms with van der Waals surface area (Å²) in [7, 11) is 0. The second kappa shape index (κ2) is 6.86. The zero-order chi connectivity index (χ0) is 18.0. The summed E-state index contributed by atoms with van der Waals surface area (Å²) in [6.45, 7) is 7.23. The zero-order valence-electron chi connectivity index (χ0n) is 15.2. The number of nitrogens with zero attached hydrogens (tertiary/aromatic N) is 3. The van der Waals surface area contributed by atoms with Gasteiger partial charge in [-0.1, -0.05) is 12.1 Å². The Morgan fingerprint density at radius 2 is 2.00 bits per heavy atom. The fourth-order valence-corrected chi connectivity index (χ4v) is 3.32. The summed E-state index contributed by atoms with van der Waals surface area (Å²) in [6.07, 6.45) is 3.28. The summed E-state index contributed by atoms with van der Waals surface area (Å²) in [6, 6.07) is 8.29. The quantitative estimate of drug-likeness (QED) is 0.928. The van der Waals surface area contributed by atoms with Crippen LogP contribution >= 0.6 is 0 Å². The van der Waals surface area contributed by atoms with Crippen LogP contribution in [0.25, 0.3) is 11.0 Å². The highest BCUT2D eigenvalue weighted by Crippen LogP contribution is 2.26. The van der Waals surface area contributed by atoms with Gasteiger partial charge in [0.25, 0.3) is 0 Å². The number of amides is 2. The molecule has 1 aliphatic heterocycles. The van der Waals surface area contributed by atoms with Crippen molar-refractivity contribution < 1.29 is 9.59 Å². The summed E-state index contributed by atoms with van der Waals surface area (Å²) < 4.78 is 2.16. The van der Waals surface area contributed by atoms with E-state index in [4.69, 9.17) is 0 Å². The molecule has 1 N–H and O–H groups in total. The molecule has 0 saturated carbocycles. The number of carbonyl (C=O) groups is 2. The maximum absolute atomic E-state index is 12.4. The standard InChI is InChI=1S/C19H26N4O2/c1-19(2,3)21-17(24)8-9-18(25)22-11-10-14(12-22)23-13-20-15-6-4-5-7-16(15)23/h4-7,13-14H,8-12H2,1-3H3,(H,21,24)/t14-/m0/s1. The van der Waals surface area contributed by atoms with Gasteiger partial charge < -0.3 is 14.8 Å². The van der Waals surface area contributed by atoms with E-state index in [0.29, 0.717) is 6.54 Å². The summed E-state index contributed by atoms with van der Waals surface area (Å²) in [4.78, 5) is 30.6. The van der Waals surface area contributed by atoms with Gasteiger partial charge in [-0.2, -0.15) is 0 Å². The second-order valence-electron chi connectivity index (χ2n) is 7.72. The lowest BCUT2D eigenvalue weighted by Gasteiger charge is -2.21. The SMILES string of the molecule is CC(C)(C)NC(=O)CCC(=O)N1CC[C@H](n2cnc3ccccc32)C1. The number of likely N-dealkylation sites (tertiary alicyclic amines) is 1. The van der Waals surface area contributed by atoms with Crippen molar-refractivity contribution in [2.45, 2.75) is 51.6 Å². The highest BCUT2D eigenvalue weighted by molar-refractivity contribution is 5.84. The molecule has 6 nitrogen and oxygen atoms in total. The van der Waals surface area contributed by atoms with Crippen LogP contribution in [0.3, 0.4) is 0 Å². The van der Waals surface area contributed by atoms with Crippen LogP contribution in [-0.2, 0) is 9.59 Å². The molecule has 0 aliphatic carbocycles. The Balaban J connectivity index is 1.56. The number of hydrogen-bond acceptors (Lipinski definition) is 3. The van der Waals surface area contributed by atoms with Crippen molar-refractivity contribution in [2.24, 2.45) is 0 Å². The predicted octanol–water partition coefficient (Wildman–Crippen LogP) is 2.50. The number of fused-ring (bicyclic) bond motifs is 1. The average molecular weight is 342 g/mol. The molecule has 0 spiro atoms. The molecule has 1 atom stereocenters. The predicted molar refractivity (Wildman–Crippen MR) is 97.1 cm³/mol. The molecule has 0 bridgehead atoms. The van der Waals surface area contributed by atoms with E-state index in [1.165, 1.54) is 0 Å². The molecule has 3 rings (SSSR count). The molecule has 2 aromatic rings. The van der Waals surface area contributed by atoms with Crippen LogP contribution in [-0.4, -0.2) is 44.9 Å². The van der Waals surface area contributed by atoms with Crippen molar-refractivity contribution >= 4 is 22.8 Å². The molecule has 0 unspecified atom stereocenters. The minimum absolute atomic E-state index is 0.0518. The number of carbonyl (C=O) groups excluding carboxylic acids is 2. The lowest BCUT2D eigenvalue weighted by atomic mass is 10.1. The van der Waals surface area contributed by atoms with Crippen molar-refractivity contribution in [3.05, 3.63) is 30.6 Å². The Hall–Kier alpha value is -2.37. The lowest BCUT2D eigenvalue weighted by molar-refractivity contribution is -0.133. The fraction of sp³-hybridized carbons (Fsp3) is 0.526. The van der Waals surface area contributed by atoms with Crippen LogP contribution in [0.4, 0.5) is 0 Å². The number of rotatable bonds is 4. The van der Waals surface area contributed by atoms with E-state index in [-0.39, 0.29) is 36.2 Å². The minimum atomic E-state index is -0.263. The van der Waals surface area contributed by atoms with Gasteiger partial charge in [0.2, 0.25) is 11.8 Å². The maximum atomic E-state index is 12.4. The third kappa shape index (κ3) is 4.18. The molecule has 2 heterocycles. The van der Waals surface area contributed by atoms with E-state index < -0.39 is 0 Å². The first-order valence-electron chi connectivity index (χ1n) is 8.84. The third-order valence-electron chi connectivity index (χ3n) is 4.47. The van der Waals surface area contributed by atoms with Crippen LogP contribution < -0.4 is 5.32 Å². The molecular weight excluding hydrogens is 316 g/mol. The summed E-state index contributed by atoms with van der Waals surface area (Å²) >= 11 is 0. The van der Waals surface area contributed by atoms with Crippen molar-refractivity contribution in [1.82, 2.24) is 19.8 Å². The van der Waals surface area contributed by atoms with Crippen molar-refractivity contribution in [3.8, 4) is 0 Å². The van der Waals surface area contributed by atoms with Crippen LogP contribution in [0.1, 0.15) is 46.1 Å².